The molecule has 1 saturated heterocycles. The van der Waals surface area contributed by atoms with Crippen molar-refractivity contribution < 1.29 is 0 Å². The molecule has 1 aromatic carbocycles. The topological polar surface area (TPSA) is 24.1 Å². The zero-order chi connectivity index (χ0) is 13.5. The Morgan fingerprint density at radius 1 is 1.11 bits per heavy atom. The molecule has 106 valence electrons. The summed E-state index contributed by atoms with van der Waals surface area (Å²) in [6.07, 6.45) is 6.23. The minimum Gasteiger partial charge on any atom is -0.385 e. The second-order valence-electron chi connectivity index (χ2n) is 5.57. The van der Waals surface area contributed by atoms with E-state index in [0.29, 0.717) is 0 Å². The average Bonchev–Trinajstić information content (AvgIpc) is 2.48. The first-order chi connectivity index (χ1) is 9.35. The van der Waals surface area contributed by atoms with E-state index in [-0.39, 0.29) is 0 Å². The maximum atomic E-state index is 3.71. The second kappa shape index (κ2) is 7.54. The zero-order valence-electron chi connectivity index (χ0n) is 12.5. The van der Waals surface area contributed by atoms with Crippen molar-refractivity contribution in [3.8, 4) is 0 Å². The Balaban J connectivity index is 1.90. The first-order valence-corrected chi connectivity index (χ1v) is 7.90. The van der Waals surface area contributed by atoms with Gasteiger partial charge in [-0.3, -0.25) is 0 Å². The van der Waals surface area contributed by atoms with E-state index < -0.39 is 0 Å². The van der Waals surface area contributed by atoms with Crippen LogP contribution in [0.1, 0.15) is 44.2 Å². The summed E-state index contributed by atoms with van der Waals surface area (Å²) in [6.45, 7) is 8.01. The Morgan fingerprint density at radius 3 is 2.32 bits per heavy atom. The van der Waals surface area contributed by atoms with Crippen molar-refractivity contribution in [3.63, 3.8) is 0 Å². The van der Waals surface area contributed by atoms with Gasteiger partial charge in [0.15, 0.2) is 0 Å². The van der Waals surface area contributed by atoms with Gasteiger partial charge in [-0.1, -0.05) is 32.0 Å². The minimum atomic E-state index is 0.910. The number of anilines is 1. The molecule has 0 unspecified atom stereocenters. The van der Waals surface area contributed by atoms with Crippen LogP contribution < -0.4 is 10.6 Å². The fourth-order valence-corrected chi connectivity index (χ4v) is 3.04. The Kier molecular flexibility index (Phi) is 5.71. The van der Waals surface area contributed by atoms with Crippen molar-refractivity contribution in [2.75, 3.05) is 25.0 Å². The molecule has 2 N–H and O–H groups in total. The highest BCUT2D eigenvalue weighted by Crippen LogP contribution is 2.23. The van der Waals surface area contributed by atoms with E-state index in [1.807, 2.05) is 0 Å². The number of nitrogens with one attached hydrogen (secondary N) is 2. The smallest absolute Gasteiger partial charge is 0.0405 e. The number of hydrogen-bond donors (Lipinski definition) is 2. The van der Waals surface area contributed by atoms with Crippen molar-refractivity contribution in [3.05, 3.63) is 29.3 Å². The van der Waals surface area contributed by atoms with E-state index in [1.165, 1.54) is 49.2 Å². The fourth-order valence-electron chi connectivity index (χ4n) is 3.04. The summed E-state index contributed by atoms with van der Waals surface area (Å²) in [7, 11) is 0. The van der Waals surface area contributed by atoms with Crippen LogP contribution in [0.15, 0.2) is 18.2 Å². The molecule has 0 aliphatic carbocycles. The first-order valence-electron chi connectivity index (χ1n) is 7.90. The summed E-state index contributed by atoms with van der Waals surface area (Å²) < 4.78 is 0. The van der Waals surface area contributed by atoms with Crippen LogP contribution in [0.2, 0.25) is 0 Å². The fraction of sp³-hybridized carbons (Fsp3) is 0.647. The van der Waals surface area contributed by atoms with E-state index >= 15 is 0 Å². The molecule has 0 amide bonds. The molecule has 0 atom stereocenters. The minimum absolute atomic E-state index is 0.910. The van der Waals surface area contributed by atoms with Crippen LogP contribution in [-0.4, -0.2) is 19.6 Å². The molecule has 0 aromatic heterocycles. The number of benzene rings is 1. The third-order valence-electron chi connectivity index (χ3n) is 4.31. The van der Waals surface area contributed by atoms with E-state index in [9.17, 15) is 0 Å². The third kappa shape index (κ3) is 3.97. The maximum absolute atomic E-state index is 3.71. The van der Waals surface area contributed by atoms with Crippen molar-refractivity contribution in [1.29, 1.82) is 0 Å². The molecule has 2 rings (SSSR count). The standard InChI is InChI=1S/C17H28N2/c1-3-15-6-5-7-16(4-2)17(15)19-13-10-14-8-11-18-12-9-14/h5-7,14,18-19H,3-4,8-13H2,1-2H3. The molecule has 1 aromatic rings. The quantitative estimate of drug-likeness (QED) is 0.816. The van der Waals surface area contributed by atoms with Crippen molar-refractivity contribution in [1.82, 2.24) is 5.32 Å². The molecule has 2 nitrogen and oxygen atoms in total. The molecule has 0 radical (unpaired) electrons. The number of aryl methyl sites for hydroxylation is 2. The van der Waals surface area contributed by atoms with Gasteiger partial charge < -0.3 is 10.6 Å². The van der Waals surface area contributed by atoms with Crippen molar-refractivity contribution in [2.24, 2.45) is 5.92 Å². The SMILES string of the molecule is CCc1cccc(CC)c1NCCC1CCNCC1. The van der Waals surface area contributed by atoms with Crippen LogP contribution in [0.5, 0.6) is 0 Å². The lowest BCUT2D eigenvalue weighted by Gasteiger charge is -2.23. The number of rotatable bonds is 6. The Bertz CT molecular complexity index is 359. The highest BCUT2D eigenvalue weighted by atomic mass is 14.9. The van der Waals surface area contributed by atoms with Gasteiger partial charge in [0.1, 0.15) is 0 Å². The van der Waals surface area contributed by atoms with E-state index in [1.54, 1.807) is 0 Å². The molecule has 0 bridgehead atoms. The van der Waals surface area contributed by atoms with Crippen LogP contribution >= 0.6 is 0 Å². The lowest BCUT2D eigenvalue weighted by Crippen LogP contribution is -2.28. The Morgan fingerprint density at radius 2 is 1.74 bits per heavy atom. The van der Waals surface area contributed by atoms with Crippen molar-refractivity contribution in [2.45, 2.75) is 46.0 Å². The lowest BCUT2D eigenvalue weighted by molar-refractivity contribution is 0.361. The van der Waals surface area contributed by atoms with Crippen LogP contribution in [0.3, 0.4) is 0 Å². The maximum Gasteiger partial charge on any atom is 0.0405 e. The van der Waals surface area contributed by atoms with Crippen LogP contribution in [0, 0.1) is 5.92 Å². The Hall–Kier alpha value is -1.02. The highest BCUT2D eigenvalue weighted by Gasteiger charge is 2.13. The third-order valence-corrected chi connectivity index (χ3v) is 4.31. The van der Waals surface area contributed by atoms with Crippen LogP contribution in [-0.2, 0) is 12.8 Å². The zero-order valence-corrected chi connectivity index (χ0v) is 12.5. The molecule has 0 spiro atoms. The summed E-state index contributed by atoms with van der Waals surface area (Å²) >= 11 is 0. The van der Waals surface area contributed by atoms with Crippen LogP contribution in [0.4, 0.5) is 5.69 Å². The van der Waals surface area contributed by atoms with Gasteiger partial charge in [0.05, 0.1) is 0 Å². The van der Waals surface area contributed by atoms with Gasteiger partial charge in [0.2, 0.25) is 0 Å². The molecule has 1 aliphatic heterocycles. The molecule has 1 aliphatic rings. The summed E-state index contributed by atoms with van der Waals surface area (Å²) in [5.41, 5.74) is 4.33. The monoisotopic (exact) mass is 260 g/mol. The summed E-state index contributed by atoms with van der Waals surface area (Å²) in [5.74, 6) is 0.910. The van der Waals surface area contributed by atoms with Gasteiger partial charge in [-0.15, -0.1) is 0 Å². The van der Waals surface area contributed by atoms with Gasteiger partial charge in [-0.05, 0) is 62.2 Å². The van der Waals surface area contributed by atoms with E-state index in [4.69, 9.17) is 0 Å². The molecular weight excluding hydrogens is 232 g/mol. The molecule has 1 heterocycles. The lowest BCUT2D eigenvalue weighted by atomic mass is 9.94. The van der Waals surface area contributed by atoms with E-state index in [0.717, 1.165) is 25.3 Å². The number of para-hydroxylation sites is 1. The van der Waals surface area contributed by atoms with Gasteiger partial charge >= 0.3 is 0 Å². The predicted octanol–water partition coefficient (Wildman–Crippen LogP) is 3.61. The van der Waals surface area contributed by atoms with Gasteiger partial charge in [0.25, 0.3) is 0 Å². The van der Waals surface area contributed by atoms with Gasteiger partial charge in [-0.25, -0.2) is 0 Å². The normalized spacial score (nSPS) is 16.5. The second-order valence-corrected chi connectivity index (χ2v) is 5.57. The number of hydrogen-bond acceptors (Lipinski definition) is 2. The summed E-state index contributed by atoms with van der Waals surface area (Å²) in [5, 5.41) is 7.15. The molecular formula is C17H28N2. The summed E-state index contributed by atoms with van der Waals surface area (Å²) in [6, 6.07) is 6.70. The van der Waals surface area contributed by atoms with Gasteiger partial charge in [-0.2, -0.15) is 0 Å². The molecule has 2 heteroatoms. The molecule has 0 saturated carbocycles. The average molecular weight is 260 g/mol. The van der Waals surface area contributed by atoms with Gasteiger partial charge in [0, 0.05) is 12.2 Å². The van der Waals surface area contributed by atoms with Crippen molar-refractivity contribution >= 4 is 5.69 Å². The first kappa shape index (κ1) is 14.4. The molecule has 19 heavy (non-hydrogen) atoms. The Labute approximate surface area is 118 Å². The van der Waals surface area contributed by atoms with E-state index in [2.05, 4.69) is 42.7 Å². The largest absolute Gasteiger partial charge is 0.385 e. The highest BCUT2D eigenvalue weighted by molar-refractivity contribution is 5.57. The number of piperidine rings is 1. The predicted molar refractivity (Wildman–Crippen MR) is 83.9 cm³/mol. The molecule has 1 fully saturated rings. The van der Waals surface area contributed by atoms with Crippen LogP contribution in [0.25, 0.3) is 0 Å². The summed E-state index contributed by atoms with van der Waals surface area (Å²) in [4.78, 5) is 0.